The Bertz CT molecular complexity index is 577. The summed E-state index contributed by atoms with van der Waals surface area (Å²) >= 11 is 0. The average molecular weight is 281 g/mol. The quantitative estimate of drug-likeness (QED) is 0.853. The van der Waals surface area contributed by atoms with Crippen molar-refractivity contribution >= 4 is 0 Å². The Labute approximate surface area is 126 Å². The maximum absolute atomic E-state index is 4.63. The summed E-state index contributed by atoms with van der Waals surface area (Å²) in [7, 11) is 0. The monoisotopic (exact) mass is 281 g/mol. The second-order valence-corrected chi connectivity index (χ2v) is 5.77. The number of fused-ring (bicyclic) bond motifs is 1. The predicted molar refractivity (Wildman–Crippen MR) is 85.3 cm³/mol. The van der Waals surface area contributed by atoms with Gasteiger partial charge < -0.3 is 5.32 Å². The van der Waals surface area contributed by atoms with Crippen LogP contribution in [0.2, 0.25) is 0 Å². The first kappa shape index (κ1) is 14.2. The fraction of sp³-hybridized carbons (Fsp3) is 0.444. The fourth-order valence-electron chi connectivity index (χ4n) is 3.07. The van der Waals surface area contributed by atoms with Crippen LogP contribution in [0.25, 0.3) is 0 Å². The highest BCUT2D eigenvalue weighted by atomic mass is 14.9. The highest BCUT2D eigenvalue weighted by Gasteiger charge is 2.23. The Morgan fingerprint density at radius 1 is 1.19 bits per heavy atom. The molecule has 1 aliphatic carbocycles. The van der Waals surface area contributed by atoms with Gasteiger partial charge in [-0.05, 0) is 43.4 Å². The van der Waals surface area contributed by atoms with Crippen molar-refractivity contribution in [2.24, 2.45) is 0 Å². The molecule has 1 aromatic heterocycles. The van der Waals surface area contributed by atoms with Crippen molar-refractivity contribution in [1.82, 2.24) is 15.3 Å². The summed E-state index contributed by atoms with van der Waals surface area (Å²) in [5, 5.41) is 3.39. The topological polar surface area (TPSA) is 37.8 Å². The molecule has 0 radical (unpaired) electrons. The molecule has 0 bridgehead atoms. The lowest BCUT2D eigenvalue weighted by molar-refractivity contribution is 0.587. The molecular weight excluding hydrogens is 258 g/mol. The molecule has 0 aliphatic heterocycles. The van der Waals surface area contributed by atoms with Gasteiger partial charge in [0.1, 0.15) is 5.82 Å². The maximum atomic E-state index is 4.63. The third kappa shape index (κ3) is 3.30. The molecule has 21 heavy (non-hydrogen) atoms. The van der Waals surface area contributed by atoms with Gasteiger partial charge in [0.15, 0.2) is 0 Å². The van der Waals surface area contributed by atoms with Crippen LogP contribution in [0, 0.1) is 0 Å². The van der Waals surface area contributed by atoms with Crippen LogP contribution in [0.15, 0.2) is 36.7 Å². The summed E-state index contributed by atoms with van der Waals surface area (Å²) in [6.45, 7) is 4.07. The van der Waals surface area contributed by atoms with Gasteiger partial charge in [0.25, 0.3) is 0 Å². The highest BCUT2D eigenvalue weighted by Crippen LogP contribution is 2.34. The third-order valence-electron chi connectivity index (χ3n) is 4.16. The molecule has 0 saturated carbocycles. The van der Waals surface area contributed by atoms with Gasteiger partial charge in [-0.25, -0.2) is 9.97 Å². The van der Waals surface area contributed by atoms with Gasteiger partial charge in [0.05, 0.1) is 0 Å². The zero-order valence-electron chi connectivity index (χ0n) is 12.7. The van der Waals surface area contributed by atoms with E-state index >= 15 is 0 Å². The molecule has 0 saturated heterocycles. The smallest absolute Gasteiger partial charge is 0.135 e. The summed E-state index contributed by atoms with van der Waals surface area (Å²) in [5.41, 5.74) is 4.04. The van der Waals surface area contributed by atoms with Gasteiger partial charge in [0, 0.05) is 30.4 Å². The minimum absolute atomic E-state index is 0.368. The number of aryl methyl sites for hydroxylation is 1. The van der Waals surface area contributed by atoms with Crippen LogP contribution >= 0.6 is 0 Å². The molecule has 1 N–H and O–H groups in total. The van der Waals surface area contributed by atoms with E-state index in [0.717, 1.165) is 37.3 Å². The lowest BCUT2D eigenvalue weighted by Crippen LogP contribution is -2.16. The van der Waals surface area contributed by atoms with Gasteiger partial charge in [-0.1, -0.05) is 31.2 Å². The molecule has 3 heteroatoms. The first-order valence-electron chi connectivity index (χ1n) is 7.98. The minimum Gasteiger partial charge on any atom is -0.313 e. The van der Waals surface area contributed by atoms with E-state index in [1.807, 2.05) is 12.4 Å². The van der Waals surface area contributed by atoms with Crippen LogP contribution in [-0.2, 0) is 13.0 Å². The molecule has 3 nitrogen and oxygen atoms in total. The molecule has 1 unspecified atom stereocenters. The lowest BCUT2D eigenvalue weighted by atomic mass is 9.82. The van der Waals surface area contributed by atoms with Crippen LogP contribution in [0.4, 0.5) is 0 Å². The van der Waals surface area contributed by atoms with Crippen molar-refractivity contribution in [1.29, 1.82) is 0 Å². The number of hydrogen-bond donors (Lipinski definition) is 1. The fourth-order valence-corrected chi connectivity index (χ4v) is 3.07. The SMILES string of the molecule is CCCNCc1cnc(C2CCCc3ccccc32)nc1. The number of aromatic nitrogens is 2. The first-order valence-corrected chi connectivity index (χ1v) is 7.98. The van der Waals surface area contributed by atoms with Gasteiger partial charge in [-0.2, -0.15) is 0 Å². The first-order chi connectivity index (χ1) is 10.4. The number of nitrogens with zero attached hydrogens (tertiary/aromatic N) is 2. The van der Waals surface area contributed by atoms with Crippen molar-refractivity contribution < 1.29 is 0 Å². The summed E-state index contributed by atoms with van der Waals surface area (Å²) in [6, 6.07) is 8.73. The Balaban J connectivity index is 1.76. The number of rotatable bonds is 5. The Kier molecular flexibility index (Phi) is 4.61. The van der Waals surface area contributed by atoms with Gasteiger partial charge in [-0.15, -0.1) is 0 Å². The van der Waals surface area contributed by atoms with Crippen molar-refractivity contribution in [3.63, 3.8) is 0 Å². The van der Waals surface area contributed by atoms with Crippen molar-refractivity contribution in [3.05, 3.63) is 59.2 Å². The second-order valence-electron chi connectivity index (χ2n) is 5.77. The van der Waals surface area contributed by atoms with Crippen LogP contribution in [0.5, 0.6) is 0 Å². The second kappa shape index (κ2) is 6.81. The van der Waals surface area contributed by atoms with E-state index < -0.39 is 0 Å². The average Bonchev–Trinajstić information content (AvgIpc) is 2.55. The van der Waals surface area contributed by atoms with Crippen LogP contribution in [0.3, 0.4) is 0 Å². The molecule has 1 heterocycles. The van der Waals surface area contributed by atoms with Crippen LogP contribution < -0.4 is 5.32 Å². The van der Waals surface area contributed by atoms with Crippen LogP contribution in [-0.4, -0.2) is 16.5 Å². The van der Waals surface area contributed by atoms with E-state index in [-0.39, 0.29) is 0 Å². The minimum atomic E-state index is 0.368. The van der Waals surface area contributed by atoms with Gasteiger partial charge in [-0.3, -0.25) is 0 Å². The van der Waals surface area contributed by atoms with Crippen molar-refractivity contribution in [3.8, 4) is 0 Å². The zero-order valence-corrected chi connectivity index (χ0v) is 12.7. The third-order valence-corrected chi connectivity index (χ3v) is 4.16. The molecule has 110 valence electrons. The van der Waals surface area contributed by atoms with Crippen LogP contribution in [0.1, 0.15) is 54.6 Å². The number of hydrogen-bond acceptors (Lipinski definition) is 3. The number of nitrogens with one attached hydrogen (secondary N) is 1. The van der Waals surface area contributed by atoms with E-state index in [1.54, 1.807) is 0 Å². The van der Waals surface area contributed by atoms with E-state index in [1.165, 1.54) is 24.0 Å². The maximum Gasteiger partial charge on any atom is 0.135 e. The summed E-state index contributed by atoms with van der Waals surface area (Å²) < 4.78 is 0. The number of benzene rings is 1. The van der Waals surface area contributed by atoms with Gasteiger partial charge >= 0.3 is 0 Å². The normalized spacial score (nSPS) is 17.5. The predicted octanol–water partition coefficient (Wildman–Crippen LogP) is 3.44. The lowest BCUT2D eigenvalue weighted by Gasteiger charge is -2.24. The van der Waals surface area contributed by atoms with E-state index in [4.69, 9.17) is 0 Å². The molecule has 0 spiro atoms. The van der Waals surface area contributed by atoms with Gasteiger partial charge in [0.2, 0.25) is 0 Å². The van der Waals surface area contributed by atoms with E-state index in [2.05, 4.69) is 46.5 Å². The molecule has 0 fully saturated rings. The largest absolute Gasteiger partial charge is 0.313 e. The summed E-state index contributed by atoms with van der Waals surface area (Å²) in [5.74, 6) is 1.34. The summed E-state index contributed by atoms with van der Waals surface area (Å²) in [4.78, 5) is 9.26. The Hall–Kier alpha value is -1.74. The molecular formula is C18H23N3. The zero-order chi connectivity index (χ0) is 14.5. The van der Waals surface area contributed by atoms with E-state index in [9.17, 15) is 0 Å². The van der Waals surface area contributed by atoms with Crippen molar-refractivity contribution in [2.45, 2.75) is 45.1 Å². The molecule has 0 amide bonds. The molecule has 3 rings (SSSR count). The molecule has 1 aromatic carbocycles. The molecule has 2 aromatic rings. The Morgan fingerprint density at radius 3 is 2.81 bits per heavy atom. The molecule has 1 aliphatic rings. The molecule has 1 atom stereocenters. The van der Waals surface area contributed by atoms with Crippen molar-refractivity contribution in [2.75, 3.05) is 6.54 Å². The van der Waals surface area contributed by atoms with E-state index in [0.29, 0.717) is 5.92 Å². The standard InChI is InChI=1S/C18H23N3/c1-2-10-19-11-14-12-20-18(21-13-14)17-9-5-7-15-6-3-4-8-16(15)17/h3-4,6,8,12-13,17,19H,2,5,7,9-11H2,1H3. The Morgan fingerprint density at radius 2 is 2.00 bits per heavy atom. The summed E-state index contributed by atoms with van der Waals surface area (Å²) in [6.07, 6.45) is 8.67. The highest BCUT2D eigenvalue weighted by molar-refractivity contribution is 5.36.